The highest BCUT2D eigenvalue weighted by atomic mass is 32.2. The van der Waals surface area contributed by atoms with Gasteiger partial charge in [0.2, 0.25) is 10.0 Å². The van der Waals surface area contributed by atoms with Crippen LogP contribution in [0.25, 0.3) is 21.6 Å². The number of ether oxygens (including phenoxy) is 1. The molecule has 2 saturated heterocycles. The van der Waals surface area contributed by atoms with E-state index in [-0.39, 0.29) is 0 Å². The van der Waals surface area contributed by atoms with Crippen LogP contribution in [-0.4, -0.2) is 96.3 Å². The SMILES string of the molecule is Cc1ncc(-c2nc(N3CCOCC3)c3sc(CN4CCN(S(C)(=O)=O)CC4)cc3n2)cn1. The van der Waals surface area contributed by atoms with Crippen molar-refractivity contribution < 1.29 is 13.2 Å². The fraction of sp³-hybridized carbons (Fsp3) is 0.524. The summed E-state index contributed by atoms with van der Waals surface area (Å²) in [6.07, 6.45) is 4.80. The Morgan fingerprint density at radius 2 is 1.73 bits per heavy atom. The monoisotopic (exact) mass is 489 g/mol. The van der Waals surface area contributed by atoms with Crippen LogP contribution >= 0.6 is 11.3 Å². The fourth-order valence-electron chi connectivity index (χ4n) is 4.11. The van der Waals surface area contributed by atoms with Gasteiger partial charge in [0, 0.05) is 63.1 Å². The zero-order valence-electron chi connectivity index (χ0n) is 18.8. The number of morpholine rings is 1. The molecule has 10 nitrogen and oxygen atoms in total. The number of rotatable bonds is 5. The second-order valence-electron chi connectivity index (χ2n) is 8.35. The Kier molecular flexibility index (Phi) is 6.27. The third-order valence-electron chi connectivity index (χ3n) is 5.93. The molecule has 0 radical (unpaired) electrons. The van der Waals surface area contributed by atoms with Gasteiger partial charge in [-0.1, -0.05) is 0 Å². The van der Waals surface area contributed by atoms with Crippen molar-refractivity contribution in [3.63, 3.8) is 0 Å². The molecule has 2 aliphatic rings. The summed E-state index contributed by atoms with van der Waals surface area (Å²) in [5.74, 6) is 2.26. The third kappa shape index (κ3) is 4.99. The first-order valence-electron chi connectivity index (χ1n) is 11.0. The fourth-order valence-corrected chi connectivity index (χ4v) is 6.09. The summed E-state index contributed by atoms with van der Waals surface area (Å²) in [6, 6.07) is 2.13. The van der Waals surface area contributed by atoms with Crippen LogP contribution in [0.4, 0.5) is 5.82 Å². The van der Waals surface area contributed by atoms with Crippen molar-refractivity contribution in [2.45, 2.75) is 13.5 Å². The average Bonchev–Trinajstić information content (AvgIpc) is 3.21. The van der Waals surface area contributed by atoms with Crippen molar-refractivity contribution >= 4 is 37.4 Å². The second-order valence-corrected chi connectivity index (χ2v) is 11.5. The molecule has 0 aromatic carbocycles. The van der Waals surface area contributed by atoms with Gasteiger partial charge in [-0.15, -0.1) is 11.3 Å². The minimum Gasteiger partial charge on any atom is -0.378 e. The number of nitrogens with zero attached hydrogens (tertiary/aromatic N) is 7. The van der Waals surface area contributed by atoms with Crippen LogP contribution in [0.1, 0.15) is 10.7 Å². The molecule has 0 bridgehead atoms. The second kappa shape index (κ2) is 9.18. The van der Waals surface area contributed by atoms with E-state index in [0.29, 0.717) is 38.0 Å². The standard InChI is InChI=1S/C21H27N7O3S2/c1-15-22-12-16(13-23-15)20-24-18-11-17(14-26-3-5-28(6-4-26)33(2,29)30)32-19(18)21(25-20)27-7-9-31-10-8-27/h11-13H,3-10,14H2,1-2H3. The van der Waals surface area contributed by atoms with Crippen LogP contribution in [0.5, 0.6) is 0 Å². The minimum atomic E-state index is -3.13. The van der Waals surface area contributed by atoms with E-state index in [9.17, 15) is 8.42 Å². The van der Waals surface area contributed by atoms with Crippen LogP contribution in [-0.2, 0) is 21.3 Å². The third-order valence-corrected chi connectivity index (χ3v) is 8.34. The molecule has 0 atom stereocenters. The summed E-state index contributed by atoms with van der Waals surface area (Å²) in [7, 11) is -3.13. The zero-order valence-corrected chi connectivity index (χ0v) is 20.4. The van der Waals surface area contributed by atoms with Crippen molar-refractivity contribution in [1.82, 2.24) is 29.1 Å². The van der Waals surface area contributed by atoms with Crippen LogP contribution in [0, 0.1) is 6.92 Å². The number of sulfonamides is 1. The molecule has 3 aromatic heterocycles. The number of hydrogen-bond donors (Lipinski definition) is 0. The summed E-state index contributed by atoms with van der Waals surface area (Å²) in [5.41, 5.74) is 1.71. The first-order valence-corrected chi connectivity index (χ1v) is 13.6. The first-order chi connectivity index (χ1) is 15.9. The Bertz CT molecular complexity index is 1230. The molecule has 12 heteroatoms. The Morgan fingerprint density at radius 1 is 1.03 bits per heavy atom. The van der Waals surface area contributed by atoms with Crippen LogP contribution in [0.3, 0.4) is 0 Å². The quantitative estimate of drug-likeness (QED) is 0.525. The summed E-state index contributed by atoms with van der Waals surface area (Å²) in [5, 5.41) is 0. The first kappa shape index (κ1) is 22.5. The molecular formula is C21H27N7O3S2. The molecular weight excluding hydrogens is 462 g/mol. The summed E-state index contributed by atoms with van der Waals surface area (Å²) >= 11 is 1.71. The predicted octanol–water partition coefficient (Wildman–Crippen LogP) is 1.37. The average molecular weight is 490 g/mol. The number of aryl methyl sites for hydroxylation is 1. The van der Waals surface area contributed by atoms with Crippen LogP contribution < -0.4 is 4.90 Å². The smallest absolute Gasteiger partial charge is 0.211 e. The van der Waals surface area contributed by atoms with Gasteiger partial charge in [-0.05, 0) is 13.0 Å². The number of fused-ring (bicyclic) bond motifs is 1. The van der Waals surface area contributed by atoms with Crippen molar-refractivity contribution in [2.75, 3.05) is 63.6 Å². The highest BCUT2D eigenvalue weighted by Crippen LogP contribution is 2.35. The molecule has 0 N–H and O–H groups in total. The highest BCUT2D eigenvalue weighted by Gasteiger charge is 2.25. The molecule has 0 unspecified atom stereocenters. The van der Waals surface area contributed by atoms with Gasteiger partial charge in [0.15, 0.2) is 11.6 Å². The van der Waals surface area contributed by atoms with E-state index in [4.69, 9.17) is 14.7 Å². The molecule has 2 aliphatic heterocycles. The van der Waals surface area contributed by atoms with Crippen LogP contribution in [0.2, 0.25) is 0 Å². The molecule has 2 fully saturated rings. The maximum Gasteiger partial charge on any atom is 0.211 e. The summed E-state index contributed by atoms with van der Waals surface area (Å²) < 4.78 is 31.8. The molecule has 0 spiro atoms. The van der Waals surface area contributed by atoms with E-state index in [1.807, 2.05) is 6.92 Å². The van der Waals surface area contributed by atoms with Crippen LogP contribution in [0.15, 0.2) is 18.5 Å². The van der Waals surface area contributed by atoms with E-state index < -0.39 is 10.0 Å². The lowest BCUT2D eigenvalue weighted by molar-refractivity contribution is 0.122. The van der Waals surface area contributed by atoms with E-state index in [1.165, 1.54) is 11.1 Å². The maximum atomic E-state index is 11.8. The van der Waals surface area contributed by atoms with Gasteiger partial charge in [-0.2, -0.15) is 4.31 Å². The van der Waals surface area contributed by atoms with E-state index in [1.54, 1.807) is 28.0 Å². The predicted molar refractivity (Wildman–Crippen MR) is 128 cm³/mol. The van der Waals surface area contributed by atoms with Gasteiger partial charge < -0.3 is 9.64 Å². The number of anilines is 1. The van der Waals surface area contributed by atoms with Crippen molar-refractivity contribution in [1.29, 1.82) is 0 Å². The van der Waals surface area contributed by atoms with Crippen molar-refractivity contribution in [3.8, 4) is 11.4 Å². The molecule has 5 heterocycles. The number of aromatic nitrogens is 4. The molecule has 5 rings (SSSR count). The lowest BCUT2D eigenvalue weighted by Gasteiger charge is -2.32. The largest absolute Gasteiger partial charge is 0.378 e. The zero-order chi connectivity index (χ0) is 23.0. The maximum absolute atomic E-state index is 11.8. The van der Waals surface area contributed by atoms with Gasteiger partial charge in [0.25, 0.3) is 0 Å². The Hall–Kier alpha value is -2.25. The Morgan fingerprint density at radius 3 is 2.39 bits per heavy atom. The lowest BCUT2D eigenvalue weighted by Crippen LogP contribution is -2.47. The van der Waals surface area contributed by atoms with E-state index >= 15 is 0 Å². The molecule has 176 valence electrons. The molecule has 0 amide bonds. The number of hydrogen-bond acceptors (Lipinski definition) is 10. The van der Waals surface area contributed by atoms with Gasteiger partial charge >= 0.3 is 0 Å². The molecule has 0 aliphatic carbocycles. The van der Waals surface area contributed by atoms with E-state index in [0.717, 1.165) is 54.3 Å². The molecule has 3 aromatic rings. The van der Waals surface area contributed by atoms with E-state index in [2.05, 4.69) is 25.8 Å². The number of thiophene rings is 1. The Balaban J connectivity index is 1.45. The normalized spacial score (nSPS) is 18.8. The summed E-state index contributed by atoms with van der Waals surface area (Å²) in [6.45, 7) is 8.05. The Labute approximate surface area is 197 Å². The van der Waals surface area contributed by atoms with Crippen molar-refractivity contribution in [2.24, 2.45) is 0 Å². The lowest BCUT2D eigenvalue weighted by atomic mass is 10.2. The van der Waals surface area contributed by atoms with Gasteiger partial charge in [0.1, 0.15) is 5.82 Å². The molecule has 33 heavy (non-hydrogen) atoms. The van der Waals surface area contributed by atoms with Gasteiger partial charge in [0.05, 0.1) is 35.2 Å². The topological polar surface area (TPSA) is 105 Å². The summed E-state index contributed by atoms with van der Waals surface area (Å²) in [4.78, 5) is 24.1. The molecule has 0 saturated carbocycles. The van der Waals surface area contributed by atoms with Gasteiger partial charge in [-0.25, -0.2) is 28.4 Å². The van der Waals surface area contributed by atoms with Gasteiger partial charge in [-0.3, -0.25) is 4.90 Å². The van der Waals surface area contributed by atoms with Crippen molar-refractivity contribution in [3.05, 3.63) is 29.2 Å². The highest BCUT2D eigenvalue weighted by molar-refractivity contribution is 7.88. The minimum absolute atomic E-state index is 0.528. The number of piperazine rings is 1.